The van der Waals surface area contributed by atoms with Gasteiger partial charge in [0.05, 0.1) is 18.2 Å². The van der Waals surface area contributed by atoms with Crippen LogP contribution in [0.1, 0.15) is 41.0 Å². The van der Waals surface area contributed by atoms with Gasteiger partial charge in [0.1, 0.15) is 6.04 Å². The summed E-state index contributed by atoms with van der Waals surface area (Å²) in [6, 6.07) is -2.72. The van der Waals surface area contributed by atoms with Crippen molar-refractivity contribution < 1.29 is 19.5 Å². The highest BCUT2D eigenvalue weighted by molar-refractivity contribution is 5.91. The lowest BCUT2D eigenvalue weighted by atomic mass is 10.0. The van der Waals surface area contributed by atoms with Gasteiger partial charge in [-0.05, 0) is 25.2 Å². The van der Waals surface area contributed by atoms with Gasteiger partial charge in [0.2, 0.25) is 18.1 Å². The summed E-state index contributed by atoms with van der Waals surface area (Å²) in [5.41, 5.74) is 5.75. The molecule has 0 spiro atoms. The van der Waals surface area contributed by atoms with E-state index in [9.17, 15) is 19.5 Å². The van der Waals surface area contributed by atoms with Crippen molar-refractivity contribution in [3.63, 3.8) is 0 Å². The lowest BCUT2D eigenvalue weighted by molar-refractivity contribution is -0.132. The Labute approximate surface area is 132 Å². The summed E-state index contributed by atoms with van der Waals surface area (Å²) in [7, 11) is 0. The molecular weight excluding hydrogens is 286 g/mol. The second kappa shape index (κ2) is 9.53. The first kappa shape index (κ1) is 20.5. The maximum Gasteiger partial charge on any atom is 0.245 e. The van der Waals surface area contributed by atoms with E-state index >= 15 is 0 Å². The molecule has 2 amide bonds. The van der Waals surface area contributed by atoms with E-state index in [0.29, 0.717) is 6.42 Å². The molecule has 0 saturated carbocycles. The summed E-state index contributed by atoms with van der Waals surface area (Å²) in [6.07, 6.45) is 1.08. The van der Waals surface area contributed by atoms with E-state index in [1.54, 1.807) is 20.1 Å². The Hall–Kier alpha value is -1.47. The number of aliphatic hydroxyl groups excluding tert-OH is 1. The predicted molar refractivity (Wildman–Crippen MR) is 83.5 cm³/mol. The summed E-state index contributed by atoms with van der Waals surface area (Å²) >= 11 is 0. The molecule has 0 aromatic heterocycles. The van der Waals surface area contributed by atoms with Crippen molar-refractivity contribution in [2.45, 2.75) is 65.3 Å². The highest BCUT2D eigenvalue weighted by atomic mass is 16.3. The molecule has 4 atom stereocenters. The number of hydrogen-bond acceptors (Lipinski definition) is 5. The van der Waals surface area contributed by atoms with E-state index in [1.807, 2.05) is 13.8 Å². The molecule has 7 heteroatoms. The van der Waals surface area contributed by atoms with Crippen molar-refractivity contribution in [3.8, 4) is 0 Å². The van der Waals surface area contributed by atoms with Crippen LogP contribution in [0.2, 0.25) is 0 Å². The van der Waals surface area contributed by atoms with E-state index in [1.165, 1.54) is 6.92 Å². The number of aliphatic hydroxyl groups is 1. The molecule has 0 unspecified atom stereocenters. The van der Waals surface area contributed by atoms with Gasteiger partial charge in [-0.3, -0.25) is 14.4 Å². The molecule has 0 saturated heterocycles. The fraction of sp³-hybridized carbons (Fsp3) is 0.800. The van der Waals surface area contributed by atoms with E-state index in [0.717, 1.165) is 0 Å². The maximum absolute atomic E-state index is 12.1. The van der Waals surface area contributed by atoms with Gasteiger partial charge in [-0.15, -0.1) is 0 Å². The molecule has 1 radical (unpaired) electrons. The Bertz CT molecular complexity index is 383. The average molecular weight is 314 g/mol. The Balaban J connectivity index is 4.82. The number of nitrogens with two attached hydrogens (primary N) is 1. The van der Waals surface area contributed by atoms with Crippen LogP contribution in [0.4, 0.5) is 0 Å². The minimum absolute atomic E-state index is 0.144. The summed E-state index contributed by atoms with van der Waals surface area (Å²) in [4.78, 5) is 34.9. The number of carbonyl (C=O) groups excluding carboxylic acids is 3. The highest BCUT2D eigenvalue weighted by Gasteiger charge is 2.30. The van der Waals surface area contributed by atoms with Crippen molar-refractivity contribution in [1.29, 1.82) is 0 Å². The first-order chi connectivity index (χ1) is 10.1. The third-order valence-electron chi connectivity index (χ3n) is 3.22. The Kier molecular flexibility index (Phi) is 8.89. The van der Waals surface area contributed by atoms with Crippen LogP contribution in [0.15, 0.2) is 0 Å². The molecule has 0 aliphatic heterocycles. The van der Waals surface area contributed by atoms with Crippen molar-refractivity contribution >= 4 is 18.1 Å². The smallest absolute Gasteiger partial charge is 0.245 e. The second-order valence-corrected chi connectivity index (χ2v) is 6.31. The molecule has 0 aliphatic carbocycles. The third-order valence-corrected chi connectivity index (χ3v) is 3.22. The molecule has 22 heavy (non-hydrogen) atoms. The molecule has 0 fully saturated rings. The van der Waals surface area contributed by atoms with Crippen molar-refractivity contribution in [2.75, 3.05) is 0 Å². The van der Waals surface area contributed by atoms with E-state index in [-0.39, 0.29) is 11.8 Å². The van der Waals surface area contributed by atoms with Crippen LogP contribution in [-0.2, 0) is 14.4 Å². The zero-order chi connectivity index (χ0) is 17.4. The van der Waals surface area contributed by atoms with E-state index < -0.39 is 36.0 Å². The van der Waals surface area contributed by atoms with Crippen molar-refractivity contribution in [1.82, 2.24) is 10.6 Å². The van der Waals surface area contributed by atoms with Gasteiger partial charge < -0.3 is 21.5 Å². The molecular formula is C15H28N3O4. The van der Waals surface area contributed by atoms with Gasteiger partial charge in [0.25, 0.3) is 0 Å². The largest absolute Gasteiger partial charge is 0.391 e. The molecule has 0 heterocycles. The lowest BCUT2D eigenvalue weighted by Crippen LogP contribution is -2.58. The number of carbonyl (C=O) groups is 2. The number of hydrogen-bond donors (Lipinski definition) is 4. The van der Waals surface area contributed by atoms with Crippen LogP contribution in [0, 0.1) is 11.8 Å². The van der Waals surface area contributed by atoms with Crippen LogP contribution >= 0.6 is 0 Å². The van der Waals surface area contributed by atoms with Gasteiger partial charge in [-0.1, -0.05) is 27.7 Å². The standard InChI is InChI=1S/C15H28N3O4/c1-8(2)6-11(16)14(21)18-13(10(5)20)15(22)17-12(7-19)9(3)4/h8-13,20H,6,16H2,1-5H3,(H,17,22)(H,18,21)/t10-,11+,12-,13+/m1/s1. The van der Waals surface area contributed by atoms with Crippen LogP contribution in [0.3, 0.4) is 0 Å². The average Bonchev–Trinajstić information content (AvgIpc) is 2.39. The van der Waals surface area contributed by atoms with E-state index in [4.69, 9.17) is 5.73 Å². The van der Waals surface area contributed by atoms with Crippen LogP contribution in [-0.4, -0.2) is 47.4 Å². The van der Waals surface area contributed by atoms with Crippen LogP contribution in [0.25, 0.3) is 0 Å². The Morgan fingerprint density at radius 3 is 2.00 bits per heavy atom. The number of amides is 2. The minimum Gasteiger partial charge on any atom is -0.391 e. The van der Waals surface area contributed by atoms with Gasteiger partial charge in [-0.2, -0.15) is 0 Å². The molecule has 0 rings (SSSR count). The second-order valence-electron chi connectivity index (χ2n) is 6.31. The monoisotopic (exact) mass is 314 g/mol. The first-order valence-electron chi connectivity index (χ1n) is 7.52. The Morgan fingerprint density at radius 1 is 1.09 bits per heavy atom. The quantitative estimate of drug-likeness (QED) is 0.456. The molecule has 127 valence electrons. The Morgan fingerprint density at radius 2 is 1.64 bits per heavy atom. The summed E-state index contributed by atoms with van der Waals surface area (Å²) in [5.74, 6) is -1.06. The molecule has 0 aliphatic rings. The molecule has 7 nitrogen and oxygen atoms in total. The fourth-order valence-electron chi connectivity index (χ4n) is 1.86. The van der Waals surface area contributed by atoms with Gasteiger partial charge in [-0.25, -0.2) is 0 Å². The molecule has 5 N–H and O–H groups in total. The van der Waals surface area contributed by atoms with Crippen molar-refractivity contribution in [2.24, 2.45) is 17.6 Å². The minimum atomic E-state index is -1.17. The van der Waals surface area contributed by atoms with Gasteiger partial charge >= 0.3 is 0 Å². The van der Waals surface area contributed by atoms with Gasteiger partial charge in [0, 0.05) is 0 Å². The number of rotatable bonds is 9. The normalized spacial score (nSPS) is 16.8. The lowest BCUT2D eigenvalue weighted by Gasteiger charge is -2.25. The topological polar surface area (TPSA) is 122 Å². The number of nitrogens with one attached hydrogen (secondary N) is 2. The zero-order valence-electron chi connectivity index (χ0n) is 13.9. The third kappa shape index (κ3) is 7.00. The predicted octanol–water partition coefficient (Wildman–Crippen LogP) is -0.524. The van der Waals surface area contributed by atoms with Gasteiger partial charge in [0.15, 0.2) is 0 Å². The summed E-state index contributed by atoms with van der Waals surface area (Å²) in [6.45, 7) is 8.75. The highest BCUT2D eigenvalue weighted by Crippen LogP contribution is 2.05. The molecule has 0 bridgehead atoms. The summed E-state index contributed by atoms with van der Waals surface area (Å²) in [5, 5.41) is 14.6. The SMILES string of the molecule is CC(C)C[C@H](N)C(=O)N[C@H](C(=O)N[C@H]([C]=O)C(C)C)[C@@H](C)O. The fourth-order valence-corrected chi connectivity index (χ4v) is 1.86. The molecule has 0 aromatic carbocycles. The zero-order valence-corrected chi connectivity index (χ0v) is 13.9. The first-order valence-corrected chi connectivity index (χ1v) is 7.52. The van der Waals surface area contributed by atoms with E-state index in [2.05, 4.69) is 10.6 Å². The van der Waals surface area contributed by atoms with Crippen molar-refractivity contribution in [3.05, 3.63) is 0 Å². The maximum atomic E-state index is 12.1. The summed E-state index contributed by atoms with van der Waals surface area (Å²) < 4.78 is 0. The van der Waals surface area contributed by atoms with Crippen LogP contribution in [0.5, 0.6) is 0 Å². The molecule has 0 aromatic rings. The van der Waals surface area contributed by atoms with Crippen LogP contribution < -0.4 is 16.4 Å².